The van der Waals surface area contributed by atoms with Gasteiger partial charge in [0.05, 0.1) is 0 Å². The average molecular weight is 1990 g/mol. The molecule has 0 aliphatic carbocycles. The van der Waals surface area contributed by atoms with Gasteiger partial charge in [-0.25, -0.2) is 0 Å². The van der Waals surface area contributed by atoms with Gasteiger partial charge < -0.3 is 8.83 Å². The second-order valence-electron chi connectivity index (χ2n) is 38.3. The summed E-state index contributed by atoms with van der Waals surface area (Å²) in [6.45, 7) is 0. The molecule has 9 heterocycles. The molecule has 0 aliphatic rings. The summed E-state index contributed by atoms with van der Waals surface area (Å²) < 4.78 is 30.9. The molecule has 32 aromatic rings. The lowest BCUT2D eigenvalue weighted by Gasteiger charge is -2.08. The Morgan fingerprint density at radius 3 is 0.721 bits per heavy atom. The third-order valence-electron chi connectivity index (χ3n) is 29.7. The number of hydrogen-bond acceptors (Lipinski definition) is 9. The fourth-order valence-corrected chi connectivity index (χ4v) is 30.1. The van der Waals surface area contributed by atoms with Crippen molar-refractivity contribution in [3.63, 3.8) is 0 Å². The van der Waals surface area contributed by atoms with E-state index in [0.717, 1.165) is 49.4 Å². The van der Waals surface area contributed by atoms with Crippen LogP contribution in [0, 0.1) is 0 Å². The molecule has 0 amide bonds. The first kappa shape index (κ1) is 85.8. The van der Waals surface area contributed by atoms with Gasteiger partial charge in [0.25, 0.3) is 0 Å². The first-order valence-corrected chi connectivity index (χ1v) is 55.3. The van der Waals surface area contributed by atoms with E-state index in [1.54, 1.807) is 0 Å². The molecule has 9 heteroatoms. The van der Waals surface area contributed by atoms with Crippen molar-refractivity contribution in [1.29, 1.82) is 0 Å². The largest absolute Gasteiger partial charge is 0.456 e. The summed E-state index contributed by atoms with van der Waals surface area (Å²) in [4.78, 5) is 0. The predicted molar refractivity (Wildman–Crippen MR) is 644 cm³/mol. The molecule has 0 atom stereocenters. The summed E-state index contributed by atoms with van der Waals surface area (Å²) in [6.07, 6.45) is 0. The monoisotopic (exact) mass is 1990 g/mol. The number of hydrogen-bond donors (Lipinski definition) is 0. The van der Waals surface area contributed by atoms with Crippen LogP contribution in [0.4, 0.5) is 0 Å². The van der Waals surface area contributed by atoms with Gasteiger partial charge in [-0.15, -0.1) is 79.4 Å². The molecule has 32 rings (SSSR count). The molecule has 0 N–H and O–H groups in total. The highest BCUT2D eigenvalue weighted by Crippen LogP contribution is 2.50. The summed E-state index contributed by atoms with van der Waals surface area (Å²) in [5, 5.41) is 23.2. The molecular weight excluding hydrogens is 1910 g/mol. The SMILES string of the molecule is c1cc(-c2ccc3c(c2)oc2ccccc23)cc(-c2ccc3sc4ccc(-c5ccc6sc7ccccc7c6c5)cc4c3c2)c1.c1cc(-c2ccc3oc4ccccc4c3c2)cc(-c2ccc3sc4ccc(-c5cccc(-c6cccc7c6sc6ccccc67)c5)cc4c3c2)c1.c1ccc2c(c1)sc1cc(-c3ccc(-c4ccc5sc6ccc(-c7ccc(-c8ccc9c(c8)sc8ccccc89)cc7)cc6c5c4)cc3)ccc12. The van der Waals surface area contributed by atoms with Crippen LogP contribution in [0.3, 0.4) is 0 Å². The van der Waals surface area contributed by atoms with E-state index in [1.807, 2.05) is 104 Å². The van der Waals surface area contributed by atoms with Crippen molar-refractivity contribution in [3.05, 3.63) is 485 Å². The maximum atomic E-state index is 6.19. The molecule has 9 aromatic heterocycles. The Morgan fingerprint density at radius 1 is 0.102 bits per heavy atom. The third-order valence-corrected chi connectivity index (χ3v) is 37.8. The van der Waals surface area contributed by atoms with Crippen LogP contribution in [-0.2, 0) is 0 Å². The van der Waals surface area contributed by atoms with Gasteiger partial charge >= 0.3 is 0 Å². The minimum Gasteiger partial charge on any atom is -0.456 e. The average Bonchev–Trinajstić information content (AvgIpc) is 1.63. The van der Waals surface area contributed by atoms with Gasteiger partial charge in [-0.2, -0.15) is 0 Å². The molecule has 686 valence electrons. The number of thiophene rings is 7. The van der Waals surface area contributed by atoms with E-state index in [1.165, 1.54) is 258 Å². The Balaban J connectivity index is 0.000000102. The topological polar surface area (TPSA) is 26.3 Å². The fraction of sp³-hybridized carbons (Fsp3) is 0. The van der Waals surface area contributed by atoms with Gasteiger partial charge in [-0.3, -0.25) is 0 Å². The molecule has 0 aliphatic heterocycles. The lowest BCUT2D eigenvalue weighted by molar-refractivity contribution is 0.668. The fourth-order valence-electron chi connectivity index (χ4n) is 22.2. The van der Waals surface area contributed by atoms with Gasteiger partial charge in [0.2, 0.25) is 0 Å². The van der Waals surface area contributed by atoms with Crippen LogP contribution in [0.15, 0.2) is 494 Å². The van der Waals surface area contributed by atoms with Crippen molar-refractivity contribution >= 4 is 264 Å². The van der Waals surface area contributed by atoms with Crippen molar-refractivity contribution in [3.8, 4) is 122 Å². The lowest BCUT2D eigenvalue weighted by Crippen LogP contribution is -1.83. The van der Waals surface area contributed by atoms with Crippen molar-refractivity contribution < 1.29 is 8.83 Å². The summed E-state index contributed by atoms with van der Waals surface area (Å²) >= 11 is 13.1. The Labute approximate surface area is 873 Å². The molecule has 147 heavy (non-hydrogen) atoms. The van der Waals surface area contributed by atoms with Crippen LogP contribution in [0.5, 0.6) is 0 Å². The standard InChI is InChI=1S/C48H28OS2.C48H28S3.C42H24OS2/c1-3-16-43-37(12-1)40-26-32(18-21-44(40)49-43)29-8-5-9-30(24-29)33-19-22-46-41(27-33)42-28-34(20-23-47(42)50-46)31-10-6-11-35(25-31)36-14-7-15-39-38-13-2-4-17-45(38)51-48(36)39;1-3-7-43-37(5-1)39-21-17-35(27-47(39)50-43)31-13-9-29(10-14-31)33-19-23-45-41(25-33)42-26-34(20-24-46(42)49-45)30-11-15-32(16-12-30)36-18-22-40-38-6-2-4-8-44(38)51-48(40)28-36;1-3-10-37-31(8-1)32-16-12-30(24-38(32)43-37)26-7-5-6-25(20-26)27-13-18-41-35(22-27)36-23-29(15-19-42(36)45-41)28-14-17-40-34(21-28)33-9-2-4-11-39(33)44-40/h2*1-28H;1-24H. The van der Waals surface area contributed by atoms with E-state index >= 15 is 0 Å². The maximum Gasteiger partial charge on any atom is 0.136 e. The van der Waals surface area contributed by atoms with Crippen molar-refractivity contribution in [2.45, 2.75) is 0 Å². The van der Waals surface area contributed by atoms with Crippen LogP contribution in [-0.4, -0.2) is 0 Å². The predicted octanol–water partition coefficient (Wildman–Crippen LogP) is 43.8. The van der Waals surface area contributed by atoms with Crippen LogP contribution >= 0.6 is 79.4 Å². The van der Waals surface area contributed by atoms with E-state index in [4.69, 9.17) is 8.83 Å². The van der Waals surface area contributed by atoms with E-state index in [2.05, 4.69) is 461 Å². The highest BCUT2D eigenvalue weighted by Gasteiger charge is 2.21. The quantitative estimate of drug-likeness (QED) is 0.129. The Hall–Kier alpha value is -16.8. The smallest absolute Gasteiger partial charge is 0.136 e. The molecule has 0 fully saturated rings. The summed E-state index contributed by atoms with van der Waals surface area (Å²) in [6, 6.07) is 178. The third kappa shape index (κ3) is 15.1. The molecule has 0 unspecified atom stereocenters. The van der Waals surface area contributed by atoms with E-state index in [0.29, 0.717) is 0 Å². The van der Waals surface area contributed by atoms with Crippen LogP contribution in [0.2, 0.25) is 0 Å². The Bertz CT molecular complexity index is 10800. The number of para-hydroxylation sites is 2. The molecular formula is C138H80O2S7. The second kappa shape index (κ2) is 35.0. The van der Waals surface area contributed by atoms with Crippen LogP contribution in [0.1, 0.15) is 0 Å². The summed E-state index contributed by atoms with van der Waals surface area (Å²) in [5.41, 5.74) is 30.8. The van der Waals surface area contributed by atoms with Gasteiger partial charge in [-0.1, -0.05) is 309 Å². The molecule has 23 aromatic carbocycles. The normalized spacial score (nSPS) is 11.9. The van der Waals surface area contributed by atoms with Gasteiger partial charge in [0.15, 0.2) is 0 Å². The molecule has 0 bridgehead atoms. The molecule has 0 spiro atoms. The molecule has 0 saturated heterocycles. The zero-order chi connectivity index (χ0) is 96.4. The van der Waals surface area contributed by atoms with E-state index in [-0.39, 0.29) is 0 Å². The van der Waals surface area contributed by atoms with Crippen molar-refractivity contribution in [1.82, 2.24) is 0 Å². The summed E-state index contributed by atoms with van der Waals surface area (Å²) in [7, 11) is 0. The second-order valence-corrected chi connectivity index (χ2v) is 45.9. The highest BCUT2D eigenvalue weighted by molar-refractivity contribution is 7.28. The van der Waals surface area contributed by atoms with Crippen LogP contribution in [0.25, 0.3) is 307 Å². The molecule has 2 nitrogen and oxygen atoms in total. The van der Waals surface area contributed by atoms with E-state index in [9.17, 15) is 0 Å². The molecule has 0 radical (unpaired) electrons. The van der Waals surface area contributed by atoms with Crippen molar-refractivity contribution in [2.75, 3.05) is 0 Å². The highest BCUT2D eigenvalue weighted by atomic mass is 32.1. The Morgan fingerprint density at radius 2 is 0.320 bits per heavy atom. The maximum absolute atomic E-state index is 6.19. The number of furan rings is 2. The van der Waals surface area contributed by atoms with Gasteiger partial charge in [0, 0.05) is 163 Å². The van der Waals surface area contributed by atoms with E-state index < -0.39 is 0 Å². The minimum atomic E-state index is 0.922. The first-order chi connectivity index (χ1) is 72.7. The number of rotatable bonds is 11. The first-order valence-electron chi connectivity index (χ1n) is 49.6. The minimum absolute atomic E-state index is 0.922. The zero-order valence-corrected chi connectivity index (χ0v) is 84.6. The van der Waals surface area contributed by atoms with Gasteiger partial charge in [-0.05, 0) is 298 Å². The number of benzene rings is 23. The number of fused-ring (bicyclic) bond motifs is 27. The lowest BCUT2D eigenvalue weighted by atomic mass is 9.96. The zero-order valence-electron chi connectivity index (χ0n) is 78.9. The van der Waals surface area contributed by atoms with Gasteiger partial charge in [0.1, 0.15) is 22.3 Å². The summed E-state index contributed by atoms with van der Waals surface area (Å²) in [5.74, 6) is 0. The van der Waals surface area contributed by atoms with Crippen LogP contribution < -0.4 is 0 Å². The Kier molecular flexibility index (Phi) is 20.4. The van der Waals surface area contributed by atoms with Crippen molar-refractivity contribution in [2.24, 2.45) is 0 Å². The molecule has 0 saturated carbocycles.